The predicted octanol–water partition coefficient (Wildman–Crippen LogP) is 2.36. The first-order valence-corrected chi connectivity index (χ1v) is 15.7. The van der Waals surface area contributed by atoms with E-state index in [0.717, 1.165) is 64.0 Å². The number of rotatable bonds is 9. The predicted molar refractivity (Wildman–Crippen MR) is 148 cm³/mol. The van der Waals surface area contributed by atoms with Crippen LogP contribution in [0.25, 0.3) is 0 Å². The summed E-state index contributed by atoms with van der Waals surface area (Å²) < 4.78 is 39.4. The van der Waals surface area contributed by atoms with Gasteiger partial charge in [0.25, 0.3) is 0 Å². The molecule has 1 amide bonds. The van der Waals surface area contributed by atoms with Crippen LogP contribution in [-0.2, 0) is 26.0 Å². The fraction of sp³-hybridized carbons (Fsp3) is 0.750. The minimum Gasteiger partial charge on any atom is -0.497 e. The Kier molecular flexibility index (Phi) is 10.1. The number of carbonyl (C=O) groups is 1. The zero-order valence-electron chi connectivity index (χ0n) is 23.7. The SMILES string of the molecule is CCN1CCN([C@H]2CCC[C@H](N(C)C(=O)COCCN3CCCc4cc(OC)cc(C)c4S3(=O)=O)C2)CC1. The second kappa shape index (κ2) is 13.1. The lowest BCUT2D eigenvalue weighted by Crippen LogP contribution is -2.53. The summed E-state index contributed by atoms with van der Waals surface area (Å²) in [6.07, 6.45) is 5.82. The van der Waals surface area contributed by atoms with Crippen LogP contribution >= 0.6 is 0 Å². The molecule has 3 aliphatic rings. The molecule has 2 atom stereocenters. The highest BCUT2D eigenvalue weighted by molar-refractivity contribution is 7.89. The summed E-state index contributed by atoms with van der Waals surface area (Å²) in [5.74, 6) is 0.651. The molecule has 38 heavy (non-hydrogen) atoms. The van der Waals surface area contributed by atoms with Crippen molar-refractivity contribution < 1.29 is 22.7 Å². The molecule has 0 unspecified atom stereocenters. The van der Waals surface area contributed by atoms with Gasteiger partial charge in [-0.2, -0.15) is 4.31 Å². The minimum atomic E-state index is -3.64. The van der Waals surface area contributed by atoms with E-state index in [0.29, 0.717) is 35.2 Å². The molecule has 0 spiro atoms. The van der Waals surface area contributed by atoms with Gasteiger partial charge in [-0.15, -0.1) is 0 Å². The molecule has 1 saturated carbocycles. The number of hydrogen-bond donors (Lipinski definition) is 0. The topological polar surface area (TPSA) is 82.6 Å². The van der Waals surface area contributed by atoms with Gasteiger partial charge in [0, 0.05) is 58.4 Å². The van der Waals surface area contributed by atoms with E-state index in [1.165, 1.54) is 10.7 Å². The number of fused-ring (bicyclic) bond motifs is 1. The lowest BCUT2D eigenvalue weighted by molar-refractivity contribution is -0.138. The van der Waals surface area contributed by atoms with Gasteiger partial charge in [-0.1, -0.05) is 6.92 Å². The summed E-state index contributed by atoms with van der Waals surface area (Å²) in [6.45, 7) is 10.5. The third-order valence-corrected chi connectivity index (χ3v) is 10.8. The summed E-state index contributed by atoms with van der Waals surface area (Å²) in [6, 6.07) is 4.38. The van der Waals surface area contributed by atoms with Gasteiger partial charge in [-0.05, 0) is 75.3 Å². The van der Waals surface area contributed by atoms with E-state index < -0.39 is 10.0 Å². The molecule has 1 aromatic carbocycles. The highest BCUT2D eigenvalue weighted by Crippen LogP contribution is 2.32. The van der Waals surface area contributed by atoms with Crippen molar-refractivity contribution in [2.75, 3.05) is 73.2 Å². The lowest BCUT2D eigenvalue weighted by atomic mass is 9.88. The molecular formula is C28H46N4O5S. The Hall–Kier alpha value is -1.72. The molecule has 0 radical (unpaired) electrons. The molecule has 0 aromatic heterocycles. The van der Waals surface area contributed by atoms with Crippen LogP contribution in [0.4, 0.5) is 0 Å². The molecule has 1 saturated heterocycles. The number of likely N-dealkylation sites (N-methyl/N-ethyl adjacent to an activating group) is 2. The first kappa shape index (κ1) is 29.3. The maximum absolute atomic E-state index is 13.4. The van der Waals surface area contributed by atoms with Crippen molar-refractivity contribution in [3.63, 3.8) is 0 Å². The number of hydrogen-bond acceptors (Lipinski definition) is 7. The van der Waals surface area contributed by atoms with Crippen molar-refractivity contribution in [1.82, 2.24) is 19.0 Å². The van der Waals surface area contributed by atoms with Crippen LogP contribution in [0.3, 0.4) is 0 Å². The number of benzene rings is 1. The largest absolute Gasteiger partial charge is 0.497 e. The van der Waals surface area contributed by atoms with E-state index in [1.54, 1.807) is 13.2 Å². The fourth-order valence-electron chi connectivity index (χ4n) is 6.31. The van der Waals surface area contributed by atoms with E-state index in [9.17, 15) is 13.2 Å². The fourth-order valence-corrected chi connectivity index (χ4v) is 8.21. The molecule has 10 heteroatoms. The minimum absolute atomic E-state index is 0.0203. The Labute approximate surface area is 229 Å². The number of nitrogens with zero attached hydrogens (tertiary/aromatic N) is 4. The van der Waals surface area contributed by atoms with Crippen molar-refractivity contribution in [3.8, 4) is 5.75 Å². The summed E-state index contributed by atoms with van der Waals surface area (Å²) in [4.78, 5) is 20.3. The van der Waals surface area contributed by atoms with Crippen LogP contribution in [0.1, 0.15) is 50.2 Å². The number of ether oxygens (including phenoxy) is 2. The number of piperazine rings is 1. The molecule has 2 fully saturated rings. The van der Waals surface area contributed by atoms with E-state index >= 15 is 0 Å². The quantitative estimate of drug-likeness (QED) is 0.437. The highest BCUT2D eigenvalue weighted by Gasteiger charge is 2.33. The second-order valence-electron chi connectivity index (χ2n) is 10.9. The third kappa shape index (κ3) is 6.70. The molecule has 1 aliphatic carbocycles. The number of aryl methyl sites for hydroxylation is 2. The third-order valence-electron chi connectivity index (χ3n) is 8.65. The van der Waals surface area contributed by atoms with Crippen LogP contribution in [0.5, 0.6) is 5.75 Å². The van der Waals surface area contributed by atoms with Gasteiger partial charge in [-0.3, -0.25) is 9.69 Å². The van der Waals surface area contributed by atoms with Gasteiger partial charge in [0.05, 0.1) is 18.6 Å². The van der Waals surface area contributed by atoms with Crippen LogP contribution in [0, 0.1) is 6.92 Å². The molecule has 9 nitrogen and oxygen atoms in total. The summed E-state index contributed by atoms with van der Waals surface area (Å²) >= 11 is 0. The van der Waals surface area contributed by atoms with Crippen molar-refractivity contribution in [1.29, 1.82) is 0 Å². The Bertz CT molecular complexity index is 1060. The number of methoxy groups -OCH3 is 1. The van der Waals surface area contributed by atoms with Crippen LogP contribution in [-0.4, -0.2) is 119 Å². The van der Waals surface area contributed by atoms with Gasteiger partial charge >= 0.3 is 0 Å². The Morgan fingerprint density at radius 2 is 1.87 bits per heavy atom. The van der Waals surface area contributed by atoms with Crippen molar-refractivity contribution in [2.24, 2.45) is 0 Å². The first-order valence-electron chi connectivity index (χ1n) is 14.2. The number of amides is 1. The Balaban J connectivity index is 1.26. The zero-order chi connectivity index (χ0) is 27.3. The van der Waals surface area contributed by atoms with Crippen molar-refractivity contribution >= 4 is 15.9 Å². The second-order valence-corrected chi connectivity index (χ2v) is 12.8. The van der Waals surface area contributed by atoms with E-state index in [-0.39, 0.29) is 31.7 Å². The molecule has 4 rings (SSSR count). The molecule has 0 bridgehead atoms. The normalized spacial score (nSPS) is 24.9. The van der Waals surface area contributed by atoms with Crippen molar-refractivity contribution in [3.05, 3.63) is 23.3 Å². The molecule has 214 valence electrons. The van der Waals surface area contributed by atoms with Crippen molar-refractivity contribution in [2.45, 2.75) is 69.4 Å². The number of carbonyl (C=O) groups excluding carboxylic acids is 1. The van der Waals surface area contributed by atoms with Crippen LogP contribution < -0.4 is 4.74 Å². The van der Waals surface area contributed by atoms with Gasteiger partial charge in [0.15, 0.2) is 0 Å². The highest BCUT2D eigenvalue weighted by atomic mass is 32.2. The smallest absolute Gasteiger partial charge is 0.248 e. The molecular weight excluding hydrogens is 504 g/mol. The zero-order valence-corrected chi connectivity index (χ0v) is 24.5. The first-order chi connectivity index (χ1) is 18.2. The maximum atomic E-state index is 13.4. The standard InChI is InChI=1S/C28H46N4O5S/c1-5-30-12-14-31(15-13-30)25-10-6-9-24(20-25)29(3)27(33)21-37-17-16-32-11-7-8-23-19-26(36-4)18-22(2)28(23)38(32,34)35/h18-19,24-25H,5-17,20-21H2,1-4H3/t24-,25-/m0/s1. The Morgan fingerprint density at radius 1 is 1.11 bits per heavy atom. The summed E-state index contributed by atoms with van der Waals surface area (Å²) in [5, 5.41) is 0. The average molecular weight is 551 g/mol. The molecule has 0 N–H and O–H groups in total. The maximum Gasteiger partial charge on any atom is 0.248 e. The average Bonchev–Trinajstić information content (AvgIpc) is 3.05. The van der Waals surface area contributed by atoms with E-state index in [4.69, 9.17) is 9.47 Å². The Morgan fingerprint density at radius 3 is 2.58 bits per heavy atom. The van der Waals surface area contributed by atoms with Gasteiger partial charge < -0.3 is 19.3 Å². The van der Waals surface area contributed by atoms with Gasteiger partial charge in [-0.25, -0.2) is 8.42 Å². The molecule has 2 aliphatic heterocycles. The van der Waals surface area contributed by atoms with E-state index in [1.807, 2.05) is 24.9 Å². The van der Waals surface area contributed by atoms with Crippen LogP contribution in [0.2, 0.25) is 0 Å². The lowest BCUT2D eigenvalue weighted by Gasteiger charge is -2.43. The van der Waals surface area contributed by atoms with Crippen LogP contribution in [0.15, 0.2) is 17.0 Å². The monoisotopic (exact) mass is 550 g/mol. The number of sulfonamides is 1. The van der Waals surface area contributed by atoms with E-state index in [2.05, 4.69) is 16.7 Å². The van der Waals surface area contributed by atoms with Gasteiger partial charge in [0.1, 0.15) is 12.4 Å². The summed E-state index contributed by atoms with van der Waals surface area (Å²) in [5.41, 5.74) is 1.50. The molecule has 2 heterocycles. The summed E-state index contributed by atoms with van der Waals surface area (Å²) in [7, 11) is -0.153. The molecule has 1 aromatic rings. The van der Waals surface area contributed by atoms with Gasteiger partial charge in [0.2, 0.25) is 15.9 Å².